The first kappa shape index (κ1) is 21.6. The Morgan fingerprint density at radius 2 is 2.03 bits per heavy atom. The maximum Gasteiger partial charge on any atom is 0.416 e. The van der Waals surface area contributed by atoms with Gasteiger partial charge in [0, 0.05) is 24.2 Å². The van der Waals surface area contributed by atoms with Crippen LogP contribution in [0.2, 0.25) is 0 Å². The molecule has 3 rings (SSSR count). The van der Waals surface area contributed by atoms with E-state index in [4.69, 9.17) is 14.8 Å². The van der Waals surface area contributed by atoms with Gasteiger partial charge < -0.3 is 9.14 Å². The molecule has 0 amide bonds. The van der Waals surface area contributed by atoms with E-state index < -0.39 is 27.1 Å². The minimum Gasteiger partial charge on any atom is -0.471 e. The number of halogens is 3. The van der Waals surface area contributed by atoms with Crippen molar-refractivity contribution < 1.29 is 22.1 Å². The molecule has 0 radical (unpaired) electrons. The van der Waals surface area contributed by atoms with Crippen molar-refractivity contribution in [1.29, 1.82) is 10.0 Å². The third kappa shape index (κ3) is 4.23. The Morgan fingerprint density at radius 1 is 1.33 bits per heavy atom. The molecule has 0 unspecified atom stereocenters. The molecule has 0 aliphatic rings. The Bertz CT molecular complexity index is 1260. The highest BCUT2D eigenvalue weighted by Crippen LogP contribution is 2.33. The van der Waals surface area contributed by atoms with Crippen LogP contribution in [-0.4, -0.2) is 29.9 Å². The van der Waals surface area contributed by atoms with Gasteiger partial charge in [0.1, 0.15) is 28.9 Å². The van der Waals surface area contributed by atoms with Gasteiger partial charge in [-0.2, -0.15) is 18.4 Å². The van der Waals surface area contributed by atoms with Crippen molar-refractivity contribution in [2.75, 3.05) is 5.75 Å². The summed E-state index contributed by atoms with van der Waals surface area (Å²) in [6.45, 7) is 4.66. The quantitative estimate of drug-likeness (QED) is 0.632. The Balaban J connectivity index is 2.16. The average molecular weight is 437 g/mol. The molecule has 7 nitrogen and oxygen atoms in total. The number of rotatable bonds is 5. The zero-order valence-corrected chi connectivity index (χ0v) is 17.1. The number of nitrogens with zero attached hydrogens (tertiary/aromatic N) is 4. The molecule has 1 N–H and O–H groups in total. The summed E-state index contributed by atoms with van der Waals surface area (Å²) in [5.41, 5.74) is -1.71. The molecule has 0 aliphatic heterocycles. The molecule has 3 heterocycles. The minimum atomic E-state index is -4.51. The van der Waals surface area contributed by atoms with Gasteiger partial charge in [-0.1, -0.05) is 6.92 Å². The summed E-state index contributed by atoms with van der Waals surface area (Å²) < 4.78 is 66.9. The molecule has 30 heavy (non-hydrogen) atoms. The van der Waals surface area contributed by atoms with Gasteiger partial charge in [0.15, 0.2) is 5.60 Å². The molecule has 158 valence electrons. The van der Waals surface area contributed by atoms with E-state index in [0.717, 1.165) is 12.1 Å². The molecule has 3 aromatic rings. The van der Waals surface area contributed by atoms with Crippen LogP contribution >= 0.6 is 0 Å². The van der Waals surface area contributed by atoms with Crippen LogP contribution in [0.15, 0.2) is 41.7 Å². The van der Waals surface area contributed by atoms with Crippen molar-refractivity contribution in [3.05, 3.63) is 42.4 Å². The van der Waals surface area contributed by atoms with E-state index in [-0.39, 0.29) is 33.4 Å². The predicted octanol–water partition coefficient (Wildman–Crippen LogP) is 4.52. The molecule has 0 bridgehead atoms. The summed E-state index contributed by atoms with van der Waals surface area (Å²) in [5, 5.41) is 9.14. The lowest BCUT2D eigenvalue weighted by Gasteiger charge is -2.19. The minimum absolute atomic E-state index is 0.0155. The van der Waals surface area contributed by atoms with E-state index in [9.17, 15) is 17.4 Å². The molecule has 0 saturated carbocycles. The zero-order chi connectivity index (χ0) is 22.3. The summed E-state index contributed by atoms with van der Waals surface area (Å²) in [7, 11) is -3.29. The van der Waals surface area contributed by atoms with E-state index in [1.165, 1.54) is 29.1 Å². The van der Waals surface area contributed by atoms with Gasteiger partial charge in [0.25, 0.3) is 0 Å². The number of nitriles is 1. The lowest BCUT2D eigenvalue weighted by atomic mass is 10.2. The summed E-state index contributed by atoms with van der Waals surface area (Å²) in [4.78, 5) is 8.44. The van der Waals surface area contributed by atoms with Crippen LogP contribution in [0.25, 0.3) is 17.0 Å². The number of imidazole rings is 1. The molecule has 0 saturated heterocycles. The smallest absolute Gasteiger partial charge is 0.416 e. The number of nitrogens with one attached hydrogen (secondary N) is 1. The third-order valence-corrected chi connectivity index (χ3v) is 6.10. The highest BCUT2D eigenvalue weighted by atomic mass is 32.2. The fraction of sp³-hybridized carbons (Fsp3) is 0.316. The monoisotopic (exact) mass is 437 g/mol. The van der Waals surface area contributed by atoms with E-state index in [0.29, 0.717) is 0 Å². The first-order valence-corrected chi connectivity index (χ1v) is 10.5. The molecule has 0 spiro atoms. The first-order valence-electron chi connectivity index (χ1n) is 8.79. The molecule has 3 aromatic heterocycles. The fourth-order valence-corrected chi connectivity index (χ4v) is 3.76. The van der Waals surface area contributed by atoms with Crippen molar-refractivity contribution >= 4 is 15.4 Å². The lowest BCUT2D eigenvalue weighted by molar-refractivity contribution is -0.137. The SMILES string of the molecule is CC[S@](=N)(=O)c1cc(OC(C)(C)C#N)cnc1-c1cn2ccc(C(F)(F)F)cc2n1. The van der Waals surface area contributed by atoms with Gasteiger partial charge >= 0.3 is 6.18 Å². The number of ether oxygens (including phenoxy) is 1. The van der Waals surface area contributed by atoms with Crippen molar-refractivity contribution in [1.82, 2.24) is 14.4 Å². The summed E-state index contributed by atoms with van der Waals surface area (Å²) in [6.07, 6.45) is -0.541. The number of alkyl halides is 3. The van der Waals surface area contributed by atoms with Crippen LogP contribution < -0.4 is 4.74 Å². The van der Waals surface area contributed by atoms with Crippen molar-refractivity contribution in [3.63, 3.8) is 0 Å². The molecule has 0 aromatic carbocycles. The second-order valence-electron chi connectivity index (χ2n) is 7.01. The van der Waals surface area contributed by atoms with Crippen LogP contribution in [-0.2, 0) is 15.9 Å². The third-order valence-electron chi connectivity index (χ3n) is 4.26. The van der Waals surface area contributed by atoms with Gasteiger partial charge in [0.05, 0.1) is 26.4 Å². The lowest BCUT2D eigenvalue weighted by Crippen LogP contribution is -2.25. The van der Waals surface area contributed by atoms with Crippen LogP contribution in [0.5, 0.6) is 5.75 Å². The maximum absolute atomic E-state index is 13.0. The number of fused-ring (bicyclic) bond motifs is 1. The second kappa shape index (κ2) is 7.28. The molecule has 1 atom stereocenters. The molecular formula is C19H18F3N5O2S. The first-order chi connectivity index (χ1) is 13.9. The topological polar surface area (TPSA) is 104 Å². The van der Waals surface area contributed by atoms with E-state index >= 15 is 0 Å². The van der Waals surface area contributed by atoms with Crippen LogP contribution in [0.1, 0.15) is 26.3 Å². The van der Waals surface area contributed by atoms with Crippen molar-refractivity contribution in [3.8, 4) is 23.2 Å². The predicted molar refractivity (Wildman–Crippen MR) is 103 cm³/mol. The van der Waals surface area contributed by atoms with Gasteiger partial charge in [0.2, 0.25) is 0 Å². The average Bonchev–Trinajstić information content (AvgIpc) is 3.10. The van der Waals surface area contributed by atoms with Crippen LogP contribution in [0.3, 0.4) is 0 Å². The fourth-order valence-electron chi connectivity index (χ4n) is 2.67. The number of hydrogen-bond donors (Lipinski definition) is 1. The van der Waals surface area contributed by atoms with E-state index in [1.54, 1.807) is 20.8 Å². The van der Waals surface area contributed by atoms with Crippen LogP contribution in [0.4, 0.5) is 13.2 Å². The Morgan fingerprint density at radius 3 is 2.63 bits per heavy atom. The van der Waals surface area contributed by atoms with Crippen molar-refractivity contribution in [2.45, 2.75) is 37.4 Å². The Labute approximate surface area is 171 Å². The summed E-state index contributed by atoms with van der Waals surface area (Å²) in [6, 6.07) is 5.15. The van der Waals surface area contributed by atoms with E-state index in [2.05, 4.69) is 9.97 Å². The highest BCUT2D eigenvalue weighted by molar-refractivity contribution is 7.92. The number of aromatic nitrogens is 3. The van der Waals surface area contributed by atoms with Gasteiger partial charge in [-0.05, 0) is 26.0 Å². The highest BCUT2D eigenvalue weighted by Gasteiger charge is 2.31. The van der Waals surface area contributed by atoms with Gasteiger partial charge in [-0.15, -0.1) is 0 Å². The summed E-state index contributed by atoms with van der Waals surface area (Å²) >= 11 is 0. The normalized spacial score (nSPS) is 14.3. The standard InChI is InChI=1S/C19H18F3N5O2S/c1-4-30(24,28)15-8-13(29-18(2,3)11-23)9-25-17(15)14-10-27-6-5-12(19(20,21)22)7-16(27)26-14/h5-10,24H,4H2,1-3H3/t30-/m0/s1. The largest absolute Gasteiger partial charge is 0.471 e. The molecule has 0 fully saturated rings. The van der Waals surface area contributed by atoms with E-state index in [1.807, 2.05) is 6.07 Å². The second-order valence-corrected chi connectivity index (χ2v) is 9.38. The Hall–Kier alpha value is -3.13. The molecule has 0 aliphatic carbocycles. The number of hydrogen-bond acceptors (Lipinski definition) is 6. The zero-order valence-electron chi connectivity index (χ0n) is 16.3. The Kier molecular flexibility index (Phi) is 5.24. The van der Waals surface area contributed by atoms with Gasteiger partial charge in [-0.3, -0.25) is 0 Å². The van der Waals surface area contributed by atoms with Gasteiger partial charge in [-0.25, -0.2) is 19.0 Å². The molecule has 11 heteroatoms. The van der Waals surface area contributed by atoms with Crippen LogP contribution in [0, 0.1) is 16.1 Å². The van der Waals surface area contributed by atoms with Crippen molar-refractivity contribution in [2.24, 2.45) is 0 Å². The number of pyridine rings is 2. The summed E-state index contributed by atoms with van der Waals surface area (Å²) in [5.74, 6) is 0.134. The molecular weight excluding hydrogens is 419 g/mol. The maximum atomic E-state index is 13.0.